The van der Waals surface area contributed by atoms with Crippen molar-refractivity contribution < 1.29 is 13.6 Å². The summed E-state index contributed by atoms with van der Waals surface area (Å²) >= 11 is 1.77. The molecule has 46 heavy (non-hydrogen) atoms. The Balaban J connectivity index is 1.65. The lowest BCUT2D eigenvalue weighted by Crippen LogP contribution is -2.58. The van der Waals surface area contributed by atoms with Gasteiger partial charge in [-0.3, -0.25) is 9.78 Å². The number of halogens is 2. The fraction of sp³-hybridized carbons (Fsp3) is 0.382. The van der Waals surface area contributed by atoms with Crippen molar-refractivity contribution in [2.45, 2.75) is 52.1 Å². The summed E-state index contributed by atoms with van der Waals surface area (Å²) in [6, 6.07) is 7.21. The topological polar surface area (TPSA) is 96.3 Å². The summed E-state index contributed by atoms with van der Waals surface area (Å²) in [5.41, 5.74) is 2.08. The molecule has 9 nitrogen and oxygen atoms in total. The second kappa shape index (κ2) is 12.8. The molecule has 1 saturated heterocycles. The highest BCUT2D eigenvalue weighted by atomic mass is 32.2. The molecular weight excluding hydrogens is 608 g/mol. The lowest BCUT2D eigenvalue weighted by molar-refractivity contribution is -0.128. The van der Waals surface area contributed by atoms with E-state index in [1.807, 2.05) is 44.9 Å². The van der Waals surface area contributed by atoms with Crippen molar-refractivity contribution >= 4 is 40.2 Å². The van der Waals surface area contributed by atoms with Gasteiger partial charge in [0.2, 0.25) is 5.91 Å². The molecule has 0 radical (unpaired) electrons. The lowest BCUT2D eigenvalue weighted by Gasteiger charge is -2.44. The molecule has 0 unspecified atom stereocenters. The Hall–Kier alpha value is -4.32. The first kappa shape index (κ1) is 31.7. The van der Waals surface area contributed by atoms with Crippen LogP contribution in [0.2, 0.25) is 0 Å². The van der Waals surface area contributed by atoms with E-state index < -0.39 is 17.3 Å². The average Bonchev–Trinajstić information content (AvgIpc) is 3.03. The van der Waals surface area contributed by atoms with Crippen molar-refractivity contribution in [1.82, 2.24) is 24.4 Å². The molecule has 0 spiro atoms. The van der Waals surface area contributed by atoms with Gasteiger partial charge in [-0.25, -0.2) is 23.1 Å². The molecule has 1 aromatic carbocycles. The van der Waals surface area contributed by atoms with Crippen LogP contribution in [0.3, 0.4) is 0 Å². The number of nitrogens with zero attached hydrogens (tertiary/aromatic N) is 6. The first-order valence-electron chi connectivity index (χ1n) is 15.5. The largest absolute Gasteiger partial charge is 0.384 e. The molecule has 3 aromatic heterocycles. The van der Waals surface area contributed by atoms with Crippen LogP contribution in [-0.4, -0.2) is 73.5 Å². The third-order valence-corrected chi connectivity index (χ3v) is 9.58. The number of hydrogen-bond donors (Lipinski definition) is 1. The Morgan fingerprint density at radius 1 is 1.09 bits per heavy atom. The number of hydrogen-bond acceptors (Lipinski definition) is 8. The maximum atomic E-state index is 16.2. The molecule has 2 atom stereocenters. The van der Waals surface area contributed by atoms with Gasteiger partial charge in [-0.1, -0.05) is 20.4 Å². The normalized spacial score (nSPS) is 18.6. The van der Waals surface area contributed by atoms with Crippen molar-refractivity contribution in [3.8, 4) is 16.9 Å². The zero-order chi connectivity index (χ0) is 32.7. The molecule has 4 aromatic rings. The van der Waals surface area contributed by atoms with Crippen molar-refractivity contribution in [3.05, 3.63) is 82.6 Å². The highest BCUT2D eigenvalue weighted by molar-refractivity contribution is 7.99. The van der Waals surface area contributed by atoms with Crippen LogP contribution in [0.5, 0.6) is 0 Å². The number of amides is 1. The molecule has 2 aliphatic rings. The molecule has 1 amide bonds. The van der Waals surface area contributed by atoms with Crippen LogP contribution in [0.25, 0.3) is 28.0 Å². The summed E-state index contributed by atoms with van der Waals surface area (Å²) in [5.74, 6) is 0.304. The maximum absolute atomic E-state index is 16.2. The number of aryl methyl sites for hydroxylation is 1. The number of aromatic nitrogens is 4. The number of carbonyl (C=O) groups is 1. The van der Waals surface area contributed by atoms with Gasteiger partial charge < -0.3 is 15.1 Å². The molecular formula is C34H37F2N7O2S. The van der Waals surface area contributed by atoms with Gasteiger partial charge >= 0.3 is 5.69 Å². The van der Waals surface area contributed by atoms with E-state index in [-0.39, 0.29) is 46.6 Å². The van der Waals surface area contributed by atoms with E-state index in [1.54, 1.807) is 28.8 Å². The zero-order valence-corrected chi connectivity index (χ0v) is 27.2. The number of fused-ring (bicyclic) bond motifs is 7. The second-order valence-corrected chi connectivity index (χ2v) is 13.4. The minimum atomic E-state index is -0.745. The van der Waals surface area contributed by atoms with Crippen molar-refractivity contribution in [3.63, 3.8) is 0 Å². The van der Waals surface area contributed by atoms with Crippen LogP contribution in [0.4, 0.5) is 20.3 Å². The smallest absolute Gasteiger partial charge is 0.355 e. The molecule has 0 aliphatic carbocycles. The summed E-state index contributed by atoms with van der Waals surface area (Å²) in [6.45, 7) is 12.8. The number of thioether (sulfide) groups is 1. The summed E-state index contributed by atoms with van der Waals surface area (Å²) in [6.07, 6.45) is 3.86. The highest BCUT2D eigenvalue weighted by Crippen LogP contribution is 2.35. The van der Waals surface area contributed by atoms with Crippen molar-refractivity contribution in [1.29, 1.82) is 0 Å². The van der Waals surface area contributed by atoms with Crippen LogP contribution < -0.4 is 15.9 Å². The van der Waals surface area contributed by atoms with Gasteiger partial charge in [0.15, 0.2) is 5.65 Å². The van der Waals surface area contributed by atoms with Gasteiger partial charge in [-0.2, -0.15) is 16.7 Å². The first-order valence-corrected chi connectivity index (χ1v) is 16.7. The number of nitrogens with one attached hydrogen (secondary N) is 1. The predicted molar refractivity (Wildman–Crippen MR) is 180 cm³/mol. The van der Waals surface area contributed by atoms with E-state index in [2.05, 4.69) is 16.9 Å². The van der Waals surface area contributed by atoms with Crippen LogP contribution in [-0.2, 0) is 11.2 Å². The van der Waals surface area contributed by atoms with Crippen LogP contribution in [0.1, 0.15) is 44.9 Å². The second-order valence-electron chi connectivity index (χ2n) is 12.2. The molecule has 1 N–H and O–H groups in total. The van der Waals surface area contributed by atoms with Gasteiger partial charge in [0.05, 0.1) is 16.8 Å². The van der Waals surface area contributed by atoms with E-state index in [1.165, 1.54) is 22.8 Å². The fourth-order valence-corrected chi connectivity index (χ4v) is 7.05. The quantitative estimate of drug-likeness (QED) is 0.290. The lowest BCUT2D eigenvalue weighted by atomic mass is 10.0. The summed E-state index contributed by atoms with van der Waals surface area (Å²) in [4.78, 5) is 44.4. The number of piperazine rings is 1. The number of carbonyl (C=O) groups excluding carboxylic acids is 1. The molecule has 2 aliphatic heterocycles. The monoisotopic (exact) mass is 645 g/mol. The van der Waals surface area contributed by atoms with Crippen LogP contribution >= 0.6 is 11.8 Å². The van der Waals surface area contributed by atoms with Gasteiger partial charge in [0.25, 0.3) is 0 Å². The van der Waals surface area contributed by atoms with E-state index >= 15 is 8.78 Å². The van der Waals surface area contributed by atoms with E-state index in [0.717, 1.165) is 23.5 Å². The fourth-order valence-electron chi connectivity index (χ4n) is 6.22. The minimum absolute atomic E-state index is 0.0176. The number of pyridine rings is 2. The van der Waals surface area contributed by atoms with Gasteiger partial charge in [-0.15, -0.1) is 0 Å². The standard InChI is InChI=1S/C34H37F2N7O2S/c1-6-29(44)41-17-21(5)42(18-20(41)4)32-25-15-27(36)31-24-14-23(7-8-26(24)35)37-10-12-46-11-9-22-13-28(30(19(2)3)38-16-22)43(33(25)39-31)34(45)40-32/h6-8,13-16,19-21,37H,1,9-12,17-18H2,2-5H3/t20-,21+/m1/s1. The zero-order valence-electron chi connectivity index (χ0n) is 26.4. The summed E-state index contributed by atoms with van der Waals surface area (Å²) < 4.78 is 33.0. The van der Waals surface area contributed by atoms with E-state index in [0.29, 0.717) is 42.1 Å². The van der Waals surface area contributed by atoms with Gasteiger partial charge in [0.1, 0.15) is 23.1 Å². The highest BCUT2D eigenvalue weighted by Gasteiger charge is 2.34. The molecule has 5 heterocycles. The SMILES string of the molecule is C=CC(=O)N1C[C@H](C)N(c2nc(=O)n3c4nc(c(F)cc24)-c2cc(ccc2F)NCCSCCc2cnc(C(C)C)c-3c2)C[C@H]1C. The Bertz CT molecular complexity index is 1900. The third-order valence-electron chi connectivity index (χ3n) is 8.59. The Morgan fingerprint density at radius 2 is 1.89 bits per heavy atom. The van der Waals surface area contributed by atoms with Crippen molar-refractivity contribution in [2.75, 3.05) is 41.4 Å². The molecule has 6 rings (SSSR count). The Labute approximate surface area is 270 Å². The Morgan fingerprint density at radius 3 is 2.65 bits per heavy atom. The van der Waals surface area contributed by atoms with Gasteiger partial charge in [-0.05, 0) is 73.9 Å². The molecule has 6 bridgehead atoms. The molecule has 1 fully saturated rings. The van der Waals surface area contributed by atoms with Crippen LogP contribution in [0.15, 0.2) is 54.0 Å². The molecule has 240 valence electrons. The summed E-state index contributed by atoms with van der Waals surface area (Å²) in [5, 5.41) is 3.60. The third kappa shape index (κ3) is 5.86. The maximum Gasteiger partial charge on any atom is 0.355 e. The van der Waals surface area contributed by atoms with Crippen molar-refractivity contribution in [2.24, 2.45) is 0 Å². The Kier molecular flexibility index (Phi) is 8.82. The molecule has 0 saturated carbocycles. The predicted octanol–water partition coefficient (Wildman–Crippen LogP) is 5.56. The first-order chi connectivity index (χ1) is 22.1. The van der Waals surface area contributed by atoms with E-state index in [4.69, 9.17) is 9.97 Å². The average molecular weight is 646 g/mol. The summed E-state index contributed by atoms with van der Waals surface area (Å²) in [7, 11) is 0. The molecule has 12 heteroatoms. The van der Waals surface area contributed by atoms with Crippen LogP contribution in [0, 0.1) is 11.6 Å². The number of rotatable bonds is 3. The van der Waals surface area contributed by atoms with E-state index in [9.17, 15) is 9.59 Å². The minimum Gasteiger partial charge on any atom is -0.384 e. The van der Waals surface area contributed by atoms with Gasteiger partial charge in [0, 0.05) is 54.9 Å². The number of anilines is 2. The number of benzene rings is 1.